The van der Waals surface area contributed by atoms with Crippen LogP contribution in [0.3, 0.4) is 0 Å². The molecular formula is C20H22ClFN2O5S. The number of ether oxygens (including phenoxy) is 1. The van der Waals surface area contributed by atoms with Gasteiger partial charge in [-0.15, -0.1) is 0 Å². The van der Waals surface area contributed by atoms with Crippen molar-refractivity contribution < 1.29 is 27.1 Å². The second-order valence-electron chi connectivity index (χ2n) is 6.27. The molecule has 0 aliphatic heterocycles. The number of benzene rings is 2. The van der Waals surface area contributed by atoms with E-state index < -0.39 is 33.8 Å². The molecule has 10 heteroatoms. The Morgan fingerprint density at radius 2 is 1.73 bits per heavy atom. The molecule has 0 aromatic heterocycles. The highest BCUT2D eigenvalue weighted by atomic mass is 35.5. The first-order valence-electron chi connectivity index (χ1n) is 9.17. The molecule has 7 nitrogen and oxygen atoms in total. The van der Waals surface area contributed by atoms with Crippen LogP contribution in [0.15, 0.2) is 47.4 Å². The summed E-state index contributed by atoms with van der Waals surface area (Å²) < 4.78 is 44.5. The number of anilines is 1. The number of rotatable bonds is 8. The van der Waals surface area contributed by atoms with Crippen molar-refractivity contribution in [3.63, 3.8) is 0 Å². The summed E-state index contributed by atoms with van der Waals surface area (Å²) in [7, 11) is -3.64. The lowest BCUT2D eigenvalue weighted by molar-refractivity contribution is -0.123. The van der Waals surface area contributed by atoms with Crippen LogP contribution in [0.25, 0.3) is 0 Å². The van der Waals surface area contributed by atoms with E-state index in [4.69, 9.17) is 16.3 Å². The van der Waals surface area contributed by atoms with Crippen molar-refractivity contribution in [2.75, 3.05) is 18.4 Å². The van der Waals surface area contributed by atoms with Gasteiger partial charge >= 0.3 is 5.97 Å². The van der Waals surface area contributed by atoms with Crippen LogP contribution in [-0.4, -0.2) is 43.8 Å². The van der Waals surface area contributed by atoms with Gasteiger partial charge in [0.15, 0.2) is 6.10 Å². The first kappa shape index (κ1) is 23.8. The molecule has 2 rings (SSSR count). The van der Waals surface area contributed by atoms with Gasteiger partial charge in [-0.3, -0.25) is 4.79 Å². The Labute approximate surface area is 179 Å². The van der Waals surface area contributed by atoms with Gasteiger partial charge in [0.2, 0.25) is 10.0 Å². The van der Waals surface area contributed by atoms with Crippen LogP contribution in [0.5, 0.6) is 0 Å². The maximum Gasteiger partial charge on any atom is 0.338 e. The lowest BCUT2D eigenvalue weighted by Gasteiger charge is -2.18. The fraction of sp³-hybridized carbons (Fsp3) is 0.300. The van der Waals surface area contributed by atoms with E-state index in [1.807, 2.05) is 0 Å². The number of sulfonamides is 1. The van der Waals surface area contributed by atoms with Gasteiger partial charge < -0.3 is 10.1 Å². The van der Waals surface area contributed by atoms with Crippen molar-refractivity contribution in [1.29, 1.82) is 0 Å². The SMILES string of the molecule is CCN(CC)S(=O)(=O)c1ccc(C(=O)OC(C)C(=O)Nc2ccc(F)cc2Cl)cc1. The fourth-order valence-electron chi connectivity index (χ4n) is 2.58. The Bertz CT molecular complexity index is 1020. The quantitative estimate of drug-likeness (QED) is 0.611. The zero-order valence-electron chi connectivity index (χ0n) is 16.7. The van der Waals surface area contributed by atoms with E-state index in [0.29, 0.717) is 13.1 Å². The van der Waals surface area contributed by atoms with E-state index in [9.17, 15) is 22.4 Å². The Morgan fingerprint density at radius 1 is 1.13 bits per heavy atom. The molecule has 0 heterocycles. The summed E-state index contributed by atoms with van der Waals surface area (Å²) in [5.74, 6) is -2.00. The lowest BCUT2D eigenvalue weighted by Crippen LogP contribution is -2.31. The molecule has 0 radical (unpaired) electrons. The summed E-state index contributed by atoms with van der Waals surface area (Å²) in [4.78, 5) is 24.6. The van der Waals surface area contributed by atoms with Gasteiger partial charge in [-0.05, 0) is 49.4 Å². The Morgan fingerprint density at radius 3 is 2.27 bits per heavy atom. The summed E-state index contributed by atoms with van der Waals surface area (Å²) >= 11 is 5.86. The Hall–Kier alpha value is -2.49. The highest BCUT2D eigenvalue weighted by Crippen LogP contribution is 2.23. The van der Waals surface area contributed by atoms with Gasteiger partial charge in [0.05, 0.1) is 21.2 Å². The zero-order chi connectivity index (χ0) is 22.5. The van der Waals surface area contributed by atoms with Crippen LogP contribution in [0.1, 0.15) is 31.1 Å². The van der Waals surface area contributed by atoms with E-state index in [-0.39, 0.29) is 21.2 Å². The minimum atomic E-state index is -3.64. The minimum Gasteiger partial charge on any atom is -0.449 e. The third-order valence-electron chi connectivity index (χ3n) is 4.28. The van der Waals surface area contributed by atoms with E-state index in [1.54, 1.807) is 13.8 Å². The number of hydrogen-bond acceptors (Lipinski definition) is 5. The van der Waals surface area contributed by atoms with Crippen LogP contribution in [0.2, 0.25) is 5.02 Å². The number of nitrogens with zero attached hydrogens (tertiary/aromatic N) is 1. The molecule has 0 fully saturated rings. The number of nitrogens with one attached hydrogen (secondary N) is 1. The van der Waals surface area contributed by atoms with Gasteiger partial charge in [-0.1, -0.05) is 25.4 Å². The number of carbonyl (C=O) groups excluding carboxylic acids is 2. The van der Waals surface area contributed by atoms with Crippen LogP contribution in [0, 0.1) is 5.82 Å². The first-order valence-corrected chi connectivity index (χ1v) is 11.0. The second kappa shape index (κ2) is 10.0. The average molecular weight is 457 g/mol. The topological polar surface area (TPSA) is 92.8 Å². The summed E-state index contributed by atoms with van der Waals surface area (Å²) in [6.45, 7) is 5.49. The van der Waals surface area contributed by atoms with Crippen LogP contribution in [0.4, 0.5) is 10.1 Å². The van der Waals surface area contributed by atoms with Crippen molar-refractivity contribution in [3.05, 3.63) is 58.9 Å². The van der Waals surface area contributed by atoms with Crippen LogP contribution >= 0.6 is 11.6 Å². The molecule has 0 bridgehead atoms. The van der Waals surface area contributed by atoms with Crippen molar-refractivity contribution >= 4 is 39.2 Å². The van der Waals surface area contributed by atoms with Gasteiger partial charge in [-0.25, -0.2) is 17.6 Å². The number of carbonyl (C=O) groups is 2. The molecule has 0 aliphatic rings. The molecule has 1 unspecified atom stereocenters. The van der Waals surface area contributed by atoms with Gasteiger partial charge in [-0.2, -0.15) is 4.31 Å². The van der Waals surface area contributed by atoms with Gasteiger partial charge in [0.1, 0.15) is 5.82 Å². The molecule has 0 spiro atoms. The molecule has 162 valence electrons. The highest BCUT2D eigenvalue weighted by molar-refractivity contribution is 7.89. The van der Waals surface area contributed by atoms with E-state index in [1.165, 1.54) is 41.6 Å². The standard InChI is InChI=1S/C20H22ClFN2O5S/c1-4-24(5-2)30(27,28)16-9-6-14(7-10-16)20(26)29-13(3)19(25)23-18-11-8-15(22)12-17(18)21/h6-13H,4-5H2,1-3H3,(H,23,25). The average Bonchev–Trinajstić information content (AvgIpc) is 2.70. The van der Waals surface area contributed by atoms with Crippen molar-refractivity contribution in [1.82, 2.24) is 4.31 Å². The van der Waals surface area contributed by atoms with Crippen molar-refractivity contribution in [2.24, 2.45) is 0 Å². The van der Waals surface area contributed by atoms with Gasteiger partial charge in [0, 0.05) is 13.1 Å². The van der Waals surface area contributed by atoms with Crippen molar-refractivity contribution in [2.45, 2.75) is 31.8 Å². The third-order valence-corrected chi connectivity index (χ3v) is 6.65. The molecular weight excluding hydrogens is 435 g/mol. The summed E-state index contributed by atoms with van der Waals surface area (Å²) in [5, 5.41) is 2.46. The molecule has 0 saturated carbocycles. The molecule has 30 heavy (non-hydrogen) atoms. The largest absolute Gasteiger partial charge is 0.449 e. The van der Waals surface area contributed by atoms with E-state index >= 15 is 0 Å². The molecule has 2 aromatic rings. The molecule has 2 aromatic carbocycles. The molecule has 1 N–H and O–H groups in total. The summed E-state index contributed by atoms with van der Waals surface area (Å²) in [5.41, 5.74) is 0.268. The number of esters is 1. The van der Waals surface area contributed by atoms with E-state index in [0.717, 1.165) is 12.1 Å². The van der Waals surface area contributed by atoms with Crippen LogP contribution < -0.4 is 5.32 Å². The number of hydrogen-bond donors (Lipinski definition) is 1. The first-order chi connectivity index (χ1) is 14.1. The highest BCUT2D eigenvalue weighted by Gasteiger charge is 2.23. The minimum absolute atomic E-state index is 0.00637. The normalized spacial score (nSPS) is 12.5. The molecule has 0 aliphatic carbocycles. The summed E-state index contributed by atoms with van der Waals surface area (Å²) in [6.07, 6.45) is -1.17. The molecule has 1 amide bonds. The zero-order valence-corrected chi connectivity index (χ0v) is 18.3. The number of halogens is 2. The Kier molecular flexibility index (Phi) is 7.94. The van der Waals surface area contributed by atoms with E-state index in [2.05, 4.69) is 5.32 Å². The monoisotopic (exact) mass is 456 g/mol. The predicted octanol–water partition coefficient (Wildman–Crippen LogP) is 3.69. The maximum atomic E-state index is 13.1. The van der Waals surface area contributed by atoms with Gasteiger partial charge in [0.25, 0.3) is 5.91 Å². The smallest absolute Gasteiger partial charge is 0.338 e. The van der Waals surface area contributed by atoms with Crippen LogP contribution in [-0.2, 0) is 19.6 Å². The predicted molar refractivity (Wildman–Crippen MR) is 111 cm³/mol. The second-order valence-corrected chi connectivity index (χ2v) is 8.62. The molecule has 0 saturated heterocycles. The lowest BCUT2D eigenvalue weighted by atomic mass is 10.2. The fourth-order valence-corrected chi connectivity index (χ4v) is 4.26. The molecule has 1 atom stereocenters. The third kappa shape index (κ3) is 5.56. The number of amides is 1. The Balaban J connectivity index is 2.05. The van der Waals surface area contributed by atoms with Crippen molar-refractivity contribution in [3.8, 4) is 0 Å². The summed E-state index contributed by atoms with van der Waals surface area (Å²) in [6, 6.07) is 8.73. The maximum absolute atomic E-state index is 13.1.